The molecule has 9 heteroatoms. The number of benzene rings is 2. The maximum absolute atomic E-state index is 12.7. The monoisotopic (exact) mass is 554 g/mol. The van der Waals surface area contributed by atoms with E-state index >= 15 is 0 Å². The molecule has 0 unspecified atom stereocenters. The van der Waals surface area contributed by atoms with E-state index in [9.17, 15) is 14.7 Å². The van der Waals surface area contributed by atoms with Crippen LogP contribution in [0.25, 0.3) is 0 Å². The highest BCUT2D eigenvalue weighted by molar-refractivity contribution is 5.68. The number of alkyl carbamates (subject to hydrolysis) is 2. The summed E-state index contributed by atoms with van der Waals surface area (Å²) < 4.78 is 10.8. The Kier molecular flexibility index (Phi) is 11.2. The van der Waals surface area contributed by atoms with Gasteiger partial charge in [-0.1, -0.05) is 72.8 Å². The molecule has 0 bridgehead atoms. The van der Waals surface area contributed by atoms with Crippen molar-refractivity contribution in [1.82, 2.24) is 20.6 Å². The van der Waals surface area contributed by atoms with Crippen molar-refractivity contribution in [2.45, 2.75) is 50.7 Å². The van der Waals surface area contributed by atoms with E-state index in [1.54, 1.807) is 36.9 Å². The molecule has 4 aromatic rings. The molecule has 41 heavy (non-hydrogen) atoms. The number of ether oxygens (including phenoxy) is 2. The second-order valence-electron chi connectivity index (χ2n) is 9.65. The number of nitrogens with one attached hydrogen (secondary N) is 2. The fraction of sp³-hybridized carbons (Fsp3) is 0.250. The van der Waals surface area contributed by atoms with Crippen molar-refractivity contribution in [1.29, 1.82) is 0 Å². The minimum Gasteiger partial charge on any atom is -0.445 e. The highest BCUT2D eigenvalue weighted by Gasteiger charge is 2.27. The molecule has 212 valence electrons. The average molecular weight is 555 g/mol. The molecule has 0 aliphatic carbocycles. The second kappa shape index (κ2) is 15.7. The predicted molar refractivity (Wildman–Crippen MR) is 154 cm³/mol. The molecule has 0 fully saturated rings. The van der Waals surface area contributed by atoms with E-state index in [-0.39, 0.29) is 19.6 Å². The second-order valence-corrected chi connectivity index (χ2v) is 9.65. The lowest BCUT2D eigenvalue weighted by Gasteiger charge is -2.28. The molecule has 2 aromatic carbocycles. The van der Waals surface area contributed by atoms with E-state index in [1.165, 1.54) is 0 Å². The maximum atomic E-state index is 12.7. The first-order valence-electron chi connectivity index (χ1n) is 13.5. The average Bonchev–Trinajstić information content (AvgIpc) is 3.01. The lowest BCUT2D eigenvalue weighted by Crippen LogP contribution is -2.48. The fourth-order valence-electron chi connectivity index (χ4n) is 4.37. The van der Waals surface area contributed by atoms with Gasteiger partial charge in [-0.25, -0.2) is 9.59 Å². The lowest BCUT2D eigenvalue weighted by molar-refractivity contribution is 0.0860. The summed E-state index contributed by atoms with van der Waals surface area (Å²) in [4.78, 5) is 33.5. The van der Waals surface area contributed by atoms with Crippen LogP contribution in [0.4, 0.5) is 9.59 Å². The van der Waals surface area contributed by atoms with E-state index < -0.39 is 30.4 Å². The number of hydrogen-bond acceptors (Lipinski definition) is 7. The molecule has 9 nitrogen and oxygen atoms in total. The normalized spacial score (nSPS) is 12.9. The summed E-state index contributed by atoms with van der Waals surface area (Å²) in [6.45, 7) is 0.121. The number of carbonyl (C=O) groups excluding carboxylic acids is 2. The third-order valence-electron chi connectivity index (χ3n) is 6.42. The topological polar surface area (TPSA) is 123 Å². The van der Waals surface area contributed by atoms with Gasteiger partial charge in [0.05, 0.1) is 12.1 Å². The smallest absolute Gasteiger partial charge is 0.407 e. The van der Waals surface area contributed by atoms with Crippen LogP contribution >= 0.6 is 0 Å². The Morgan fingerprint density at radius 3 is 1.66 bits per heavy atom. The van der Waals surface area contributed by atoms with Gasteiger partial charge in [0.25, 0.3) is 0 Å². The fourth-order valence-corrected chi connectivity index (χ4v) is 4.37. The van der Waals surface area contributed by atoms with Gasteiger partial charge in [0.15, 0.2) is 0 Å². The Labute approximate surface area is 239 Å². The molecule has 4 rings (SSSR count). The maximum Gasteiger partial charge on any atom is 0.407 e. The number of pyridine rings is 2. The van der Waals surface area contributed by atoms with Gasteiger partial charge >= 0.3 is 12.2 Å². The SMILES string of the molecule is O=C(N[C@@H](Cc1ccccc1)C[C@H](O)[C@H](Cc1ccccc1)NC(=O)OCc1cccnc1)OCc1cccnc1. The van der Waals surface area contributed by atoms with Gasteiger partial charge in [0.1, 0.15) is 13.2 Å². The zero-order valence-electron chi connectivity index (χ0n) is 22.6. The Hall–Kier alpha value is -4.76. The van der Waals surface area contributed by atoms with Gasteiger partial charge in [0, 0.05) is 42.0 Å². The number of aromatic nitrogens is 2. The summed E-state index contributed by atoms with van der Waals surface area (Å²) in [6, 6.07) is 25.2. The standard InChI is InChI=1S/C32H34N4O5/c37-30(29(18-25-11-5-2-6-12-25)36-32(39)41-23-27-14-8-16-34-21-27)19-28(17-24-9-3-1-4-10-24)35-31(38)40-22-26-13-7-15-33-20-26/h1-16,20-21,28-30,37H,17-19,22-23H2,(H,35,38)(H,36,39)/t28-,29-,30-/m0/s1. The summed E-state index contributed by atoms with van der Waals surface area (Å²) in [5.74, 6) is 0. The number of amides is 2. The van der Waals surface area contributed by atoms with E-state index in [0.29, 0.717) is 12.8 Å². The third kappa shape index (κ3) is 10.4. The molecule has 0 aliphatic heterocycles. The van der Waals surface area contributed by atoms with Crippen molar-refractivity contribution in [3.8, 4) is 0 Å². The molecule has 3 N–H and O–H groups in total. The van der Waals surface area contributed by atoms with Gasteiger partial charge in [-0.3, -0.25) is 9.97 Å². The molecular weight excluding hydrogens is 520 g/mol. The van der Waals surface area contributed by atoms with Crippen LogP contribution in [0.15, 0.2) is 110 Å². The zero-order valence-corrected chi connectivity index (χ0v) is 22.6. The number of aliphatic hydroxyl groups is 1. The molecule has 2 amide bonds. The summed E-state index contributed by atoms with van der Waals surface area (Å²) in [6.07, 6.45) is 5.27. The van der Waals surface area contributed by atoms with Crippen molar-refractivity contribution in [2.75, 3.05) is 0 Å². The van der Waals surface area contributed by atoms with Gasteiger partial charge < -0.3 is 25.2 Å². The van der Waals surface area contributed by atoms with Crippen LogP contribution in [0.3, 0.4) is 0 Å². The summed E-state index contributed by atoms with van der Waals surface area (Å²) in [5.41, 5.74) is 3.44. The van der Waals surface area contributed by atoms with Crippen LogP contribution in [0.1, 0.15) is 28.7 Å². The van der Waals surface area contributed by atoms with Crippen molar-refractivity contribution in [3.05, 3.63) is 132 Å². The van der Waals surface area contributed by atoms with Gasteiger partial charge in [-0.05, 0) is 42.5 Å². The highest BCUT2D eigenvalue weighted by atomic mass is 16.6. The number of carbonyl (C=O) groups is 2. The third-order valence-corrected chi connectivity index (χ3v) is 6.42. The Bertz CT molecular complexity index is 1330. The molecule has 0 aliphatic rings. The Balaban J connectivity index is 1.43. The highest BCUT2D eigenvalue weighted by Crippen LogP contribution is 2.15. The van der Waals surface area contributed by atoms with Crippen molar-refractivity contribution < 1.29 is 24.2 Å². The van der Waals surface area contributed by atoms with Crippen LogP contribution in [0.2, 0.25) is 0 Å². The summed E-state index contributed by atoms with van der Waals surface area (Å²) >= 11 is 0. The molecule has 0 saturated heterocycles. The molecule has 3 atom stereocenters. The van der Waals surface area contributed by atoms with Crippen LogP contribution in [0.5, 0.6) is 0 Å². The lowest BCUT2D eigenvalue weighted by atomic mass is 9.94. The number of rotatable bonds is 13. The zero-order chi connectivity index (χ0) is 28.7. The first-order chi connectivity index (χ1) is 20.0. The summed E-state index contributed by atoms with van der Waals surface area (Å²) in [7, 11) is 0. The van der Waals surface area contributed by atoms with Crippen LogP contribution in [-0.2, 0) is 35.5 Å². The molecule has 2 aromatic heterocycles. The number of nitrogens with zero attached hydrogens (tertiary/aromatic N) is 2. The van der Waals surface area contributed by atoms with E-state index in [2.05, 4.69) is 20.6 Å². The largest absolute Gasteiger partial charge is 0.445 e. The first-order valence-corrected chi connectivity index (χ1v) is 13.5. The van der Waals surface area contributed by atoms with Crippen molar-refractivity contribution in [3.63, 3.8) is 0 Å². The number of aliphatic hydroxyl groups excluding tert-OH is 1. The minimum absolute atomic E-state index is 0.0504. The predicted octanol–water partition coefficient (Wildman–Crippen LogP) is 4.60. The van der Waals surface area contributed by atoms with Crippen LogP contribution in [0, 0.1) is 0 Å². The Morgan fingerprint density at radius 2 is 1.15 bits per heavy atom. The molecule has 0 radical (unpaired) electrons. The first kappa shape index (κ1) is 29.2. The van der Waals surface area contributed by atoms with Crippen LogP contribution in [-0.4, -0.2) is 45.4 Å². The Morgan fingerprint density at radius 1 is 0.659 bits per heavy atom. The molecule has 0 saturated carbocycles. The van der Waals surface area contributed by atoms with E-state index in [1.807, 2.05) is 72.8 Å². The molecule has 0 spiro atoms. The van der Waals surface area contributed by atoms with Gasteiger partial charge in [-0.15, -0.1) is 0 Å². The van der Waals surface area contributed by atoms with Crippen molar-refractivity contribution >= 4 is 12.2 Å². The van der Waals surface area contributed by atoms with Gasteiger partial charge in [0.2, 0.25) is 0 Å². The van der Waals surface area contributed by atoms with Crippen LogP contribution < -0.4 is 10.6 Å². The molecular formula is C32H34N4O5. The minimum atomic E-state index is -1.01. The number of hydrogen-bond donors (Lipinski definition) is 3. The quantitative estimate of drug-likeness (QED) is 0.221. The van der Waals surface area contributed by atoms with E-state index in [4.69, 9.17) is 9.47 Å². The summed E-state index contributed by atoms with van der Waals surface area (Å²) in [5, 5.41) is 17.1. The van der Waals surface area contributed by atoms with Crippen molar-refractivity contribution in [2.24, 2.45) is 0 Å². The van der Waals surface area contributed by atoms with Gasteiger partial charge in [-0.2, -0.15) is 0 Å². The van der Waals surface area contributed by atoms with E-state index in [0.717, 1.165) is 22.3 Å². The molecule has 2 heterocycles.